The maximum Gasteiger partial charge on any atom is 0.258 e. The molecule has 0 unspecified atom stereocenters. The first-order valence-corrected chi connectivity index (χ1v) is 6.51. The minimum Gasteiger partial charge on any atom is -0.504 e. The van der Waals surface area contributed by atoms with Gasteiger partial charge in [-0.05, 0) is 30.3 Å². The lowest BCUT2D eigenvalue weighted by molar-refractivity contribution is 0.0992. The predicted molar refractivity (Wildman–Crippen MR) is 84.8 cm³/mol. The summed E-state index contributed by atoms with van der Waals surface area (Å²) in [6.07, 6.45) is 0. The van der Waals surface area contributed by atoms with Crippen molar-refractivity contribution in [2.75, 3.05) is 11.9 Å². The van der Waals surface area contributed by atoms with E-state index in [1.165, 1.54) is 23.1 Å². The molecule has 0 aromatic heterocycles. The highest BCUT2D eigenvalue weighted by Gasteiger charge is 2.15. The summed E-state index contributed by atoms with van der Waals surface area (Å²) in [5.74, 6) is -0.943. The average molecular weight is 302 g/mol. The molecule has 6 heteroatoms. The van der Waals surface area contributed by atoms with E-state index in [0.29, 0.717) is 11.3 Å². The standard InChI is InChI=1S/C15H14N2O3S/c1-17(11-4-2-3-9(7-11)14(16)21)15(20)10-5-6-12(18)13(19)8-10/h2-8,18-19H,1H3,(H2,16,21). The quantitative estimate of drug-likeness (QED) is 0.596. The molecule has 0 heterocycles. The third kappa shape index (κ3) is 3.11. The number of phenolic OH excluding ortho intramolecular Hbond substituents is 2. The van der Waals surface area contributed by atoms with E-state index in [4.69, 9.17) is 18.0 Å². The van der Waals surface area contributed by atoms with Gasteiger partial charge in [0, 0.05) is 23.9 Å². The molecule has 21 heavy (non-hydrogen) atoms. The van der Waals surface area contributed by atoms with Crippen molar-refractivity contribution in [1.29, 1.82) is 0 Å². The third-order valence-electron chi connectivity index (χ3n) is 3.04. The van der Waals surface area contributed by atoms with Gasteiger partial charge in [-0.25, -0.2) is 0 Å². The number of thiocarbonyl (C=S) groups is 1. The highest BCUT2D eigenvalue weighted by atomic mass is 32.1. The Bertz CT molecular complexity index is 716. The first-order valence-electron chi connectivity index (χ1n) is 6.10. The van der Waals surface area contributed by atoms with Gasteiger partial charge < -0.3 is 20.8 Å². The normalized spacial score (nSPS) is 10.1. The molecule has 0 aliphatic rings. The van der Waals surface area contributed by atoms with Crippen LogP contribution >= 0.6 is 12.2 Å². The summed E-state index contributed by atoms with van der Waals surface area (Å²) in [4.78, 5) is 14.0. The number of carbonyl (C=O) groups is 1. The Kier molecular flexibility index (Phi) is 4.09. The number of amides is 1. The monoisotopic (exact) mass is 302 g/mol. The van der Waals surface area contributed by atoms with Crippen LogP contribution in [0.25, 0.3) is 0 Å². The molecule has 108 valence electrons. The highest BCUT2D eigenvalue weighted by Crippen LogP contribution is 2.26. The van der Waals surface area contributed by atoms with E-state index in [9.17, 15) is 15.0 Å². The van der Waals surface area contributed by atoms with E-state index in [1.807, 2.05) is 0 Å². The van der Waals surface area contributed by atoms with Crippen LogP contribution in [0.4, 0.5) is 5.69 Å². The molecule has 1 amide bonds. The molecule has 0 atom stereocenters. The maximum atomic E-state index is 12.4. The lowest BCUT2D eigenvalue weighted by Crippen LogP contribution is -2.26. The largest absolute Gasteiger partial charge is 0.504 e. The third-order valence-corrected chi connectivity index (χ3v) is 3.28. The molecule has 2 aromatic carbocycles. The number of benzene rings is 2. The van der Waals surface area contributed by atoms with E-state index in [-0.39, 0.29) is 28.0 Å². The minimum absolute atomic E-state index is 0.250. The van der Waals surface area contributed by atoms with Crippen molar-refractivity contribution >= 4 is 28.8 Å². The van der Waals surface area contributed by atoms with E-state index < -0.39 is 0 Å². The fraction of sp³-hybridized carbons (Fsp3) is 0.0667. The summed E-state index contributed by atoms with van der Waals surface area (Å²) in [6, 6.07) is 10.9. The molecule has 0 saturated heterocycles. The van der Waals surface area contributed by atoms with Gasteiger partial charge in [0.2, 0.25) is 0 Å². The zero-order valence-electron chi connectivity index (χ0n) is 11.3. The van der Waals surface area contributed by atoms with Gasteiger partial charge in [-0.1, -0.05) is 24.4 Å². The predicted octanol–water partition coefficient (Wildman–Crippen LogP) is 2.01. The summed E-state index contributed by atoms with van der Waals surface area (Å²) >= 11 is 4.91. The minimum atomic E-state index is -0.342. The lowest BCUT2D eigenvalue weighted by atomic mass is 10.1. The van der Waals surface area contributed by atoms with Crippen molar-refractivity contribution in [1.82, 2.24) is 0 Å². The van der Waals surface area contributed by atoms with Crippen molar-refractivity contribution in [2.45, 2.75) is 0 Å². The molecule has 0 fully saturated rings. The second-order valence-corrected chi connectivity index (χ2v) is 4.92. The summed E-state index contributed by atoms with van der Waals surface area (Å²) in [5, 5.41) is 18.7. The summed E-state index contributed by atoms with van der Waals surface area (Å²) in [6.45, 7) is 0. The van der Waals surface area contributed by atoms with E-state index in [1.54, 1.807) is 31.3 Å². The molecule has 5 nitrogen and oxygen atoms in total. The number of nitrogens with two attached hydrogens (primary N) is 1. The molecule has 0 bridgehead atoms. The van der Waals surface area contributed by atoms with Crippen LogP contribution in [0, 0.1) is 0 Å². The smallest absolute Gasteiger partial charge is 0.258 e. The van der Waals surface area contributed by atoms with Gasteiger partial charge in [-0.15, -0.1) is 0 Å². The Hall–Kier alpha value is -2.60. The molecule has 0 saturated carbocycles. The van der Waals surface area contributed by atoms with Crippen LogP contribution in [-0.2, 0) is 0 Å². The van der Waals surface area contributed by atoms with Crippen LogP contribution in [0.15, 0.2) is 42.5 Å². The fourth-order valence-electron chi connectivity index (χ4n) is 1.84. The molecule has 0 spiro atoms. The number of hydrogen-bond acceptors (Lipinski definition) is 4. The topological polar surface area (TPSA) is 86.8 Å². The summed E-state index contributed by atoms with van der Waals surface area (Å²) in [5.41, 5.74) is 7.12. The first kappa shape index (κ1) is 14.8. The number of rotatable bonds is 3. The van der Waals surface area contributed by atoms with Crippen molar-refractivity contribution in [3.05, 3.63) is 53.6 Å². The lowest BCUT2D eigenvalue weighted by Gasteiger charge is -2.18. The molecule has 2 rings (SSSR count). The summed E-state index contributed by atoms with van der Waals surface area (Å²) in [7, 11) is 1.60. The SMILES string of the molecule is CN(C(=O)c1ccc(O)c(O)c1)c1cccc(C(N)=S)c1. The number of nitrogens with zero attached hydrogens (tertiary/aromatic N) is 1. The van der Waals surface area contributed by atoms with Crippen molar-refractivity contribution < 1.29 is 15.0 Å². The number of aromatic hydroxyl groups is 2. The zero-order chi connectivity index (χ0) is 15.6. The van der Waals surface area contributed by atoms with Crippen LogP contribution < -0.4 is 10.6 Å². The Morgan fingerprint density at radius 3 is 2.43 bits per heavy atom. The van der Waals surface area contributed by atoms with Crippen LogP contribution in [0.3, 0.4) is 0 Å². The van der Waals surface area contributed by atoms with Gasteiger partial charge in [-0.2, -0.15) is 0 Å². The van der Waals surface area contributed by atoms with Gasteiger partial charge in [0.25, 0.3) is 5.91 Å². The Balaban J connectivity index is 2.32. The van der Waals surface area contributed by atoms with Gasteiger partial charge in [-0.3, -0.25) is 4.79 Å². The molecule has 0 radical (unpaired) electrons. The van der Waals surface area contributed by atoms with Crippen LogP contribution in [-0.4, -0.2) is 28.2 Å². The van der Waals surface area contributed by atoms with Crippen molar-refractivity contribution in [3.63, 3.8) is 0 Å². The second kappa shape index (κ2) is 5.80. The molecular formula is C15H14N2O3S. The first-order chi connectivity index (χ1) is 9.90. The fourth-order valence-corrected chi connectivity index (χ4v) is 1.96. The van der Waals surface area contributed by atoms with Crippen LogP contribution in [0.5, 0.6) is 11.5 Å². The molecule has 0 aliphatic heterocycles. The number of phenols is 2. The molecular weight excluding hydrogens is 288 g/mol. The van der Waals surface area contributed by atoms with Gasteiger partial charge in [0.1, 0.15) is 4.99 Å². The van der Waals surface area contributed by atoms with Gasteiger partial charge in [0.15, 0.2) is 11.5 Å². The number of hydrogen-bond donors (Lipinski definition) is 3. The Morgan fingerprint density at radius 1 is 1.10 bits per heavy atom. The van der Waals surface area contributed by atoms with Crippen LogP contribution in [0.1, 0.15) is 15.9 Å². The zero-order valence-corrected chi connectivity index (χ0v) is 12.1. The number of anilines is 1. The molecule has 4 N–H and O–H groups in total. The van der Waals surface area contributed by atoms with E-state index in [0.717, 1.165) is 0 Å². The Labute approximate surface area is 127 Å². The summed E-state index contributed by atoms with van der Waals surface area (Å²) < 4.78 is 0. The Morgan fingerprint density at radius 2 is 1.81 bits per heavy atom. The molecule has 0 aliphatic carbocycles. The maximum absolute atomic E-state index is 12.4. The van der Waals surface area contributed by atoms with Gasteiger partial charge in [0.05, 0.1) is 0 Å². The highest BCUT2D eigenvalue weighted by molar-refractivity contribution is 7.80. The van der Waals surface area contributed by atoms with E-state index >= 15 is 0 Å². The van der Waals surface area contributed by atoms with Gasteiger partial charge >= 0.3 is 0 Å². The molecule has 2 aromatic rings. The average Bonchev–Trinajstić information content (AvgIpc) is 2.48. The van der Waals surface area contributed by atoms with E-state index in [2.05, 4.69) is 0 Å². The van der Waals surface area contributed by atoms with Crippen LogP contribution in [0.2, 0.25) is 0 Å². The second-order valence-electron chi connectivity index (χ2n) is 4.48. The van der Waals surface area contributed by atoms with Crippen molar-refractivity contribution in [3.8, 4) is 11.5 Å². The van der Waals surface area contributed by atoms with Crippen molar-refractivity contribution in [2.24, 2.45) is 5.73 Å². The number of carbonyl (C=O) groups excluding carboxylic acids is 1.